The number of nitrogens with zero attached hydrogens (tertiary/aromatic N) is 1. The summed E-state index contributed by atoms with van der Waals surface area (Å²) in [5.41, 5.74) is 1.18. The van der Waals surface area contributed by atoms with Gasteiger partial charge in [-0.15, -0.1) is 0 Å². The second kappa shape index (κ2) is 8.17. The van der Waals surface area contributed by atoms with Gasteiger partial charge in [0.25, 0.3) is 0 Å². The minimum atomic E-state index is -0.217. The molecule has 0 saturated heterocycles. The second-order valence-corrected chi connectivity index (χ2v) is 6.49. The topological polar surface area (TPSA) is 23.8 Å². The SMILES string of the molecule is CCCC[C@H]1CC[C@H](CCc2ccc(C#N)cc2F)CC1. The maximum absolute atomic E-state index is 13.8. The van der Waals surface area contributed by atoms with Gasteiger partial charge in [0.05, 0.1) is 11.6 Å². The summed E-state index contributed by atoms with van der Waals surface area (Å²) in [5.74, 6) is 1.48. The van der Waals surface area contributed by atoms with E-state index >= 15 is 0 Å². The smallest absolute Gasteiger partial charge is 0.127 e. The molecule has 114 valence electrons. The Labute approximate surface area is 128 Å². The molecule has 0 heterocycles. The van der Waals surface area contributed by atoms with Crippen molar-refractivity contribution in [1.29, 1.82) is 5.26 Å². The molecule has 2 heteroatoms. The lowest BCUT2D eigenvalue weighted by Gasteiger charge is -2.28. The molecule has 2 rings (SSSR count). The van der Waals surface area contributed by atoms with E-state index in [9.17, 15) is 4.39 Å². The molecule has 0 atom stereocenters. The zero-order valence-electron chi connectivity index (χ0n) is 13.1. The molecule has 0 spiro atoms. The molecule has 21 heavy (non-hydrogen) atoms. The van der Waals surface area contributed by atoms with Gasteiger partial charge in [-0.3, -0.25) is 0 Å². The highest BCUT2D eigenvalue weighted by atomic mass is 19.1. The number of nitriles is 1. The minimum Gasteiger partial charge on any atom is -0.207 e. The predicted molar refractivity (Wildman–Crippen MR) is 84.4 cm³/mol. The third-order valence-electron chi connectivity index (χ3n) is 4.94. The highest BCUT2D eigenvalue weighted by molar-refractivity contribution is 5.32. The maximum Gasteiger partial charge on any atom is 0.127 e. The van der Waals surface area contributed by atoms with Crippen molar-refractivity contribution >= 4 is 0 Å². The van der Waals surface area contributed by atoms with Crippen molar-refractivity contribution in [3.63, 3.8) is 0 Å². The summed E-state index contributed by atoms with van der Waals surface area (Å²) in [5, 5.41) is 8.76. The van der Waals surface area contributed by atoms with Crippen LogP contribution < -0.4 is 0 Å². The lowest BCUT2D eigenvalue weighted by atomic mass is 9.78. The van der Waals surface area contributed by atoms with Crippen molar-refractivity contribution in [1.82, 2.24) is 0 Å². The molecule has 0 bridgehead atoms. The highest BCUT2D eigenvalue weighted by Gasteiger charge is 2.20. The van der Waals surface area contributed by atoms with Gasteiger partial charge < -0.3 is 0 Å². The zero-order chi connectivity index (χ0) is 15.1. The fraction of sp³-hybridized carbons (Fsp3) is 0.632. The number of halogens is 1. The van der Waals surface area contributed by atoms with E-state index in [2.05, 4.69) is 6.92 Å². The average Bonchev–Trinajstić information content (AvgIpc) is 2.52. The van der Waals surface area contributed by atoms with Crippen LogP contribution in [0.4, 0.5) is 4.39 Å². The van der Waals surface area contributed by atoms with Crippen molar-refractivity contribution in [3.8, 4) is 6.07 Å². The fourth-order valence-electron chi connectivity index (χ4n) is 3.48. The first kappa shape index (κ1) is 16.0. The van der Waals surface area contributed by atoms with Crippen LogP contribution in [0.25, 0.3) is 0 Å². The molecular formula is C19H26FN. The van der Waals surface area contributed by atoms with Crippen molar-refractivity contribution in [3.05, 3.63) is 35.1 Å². The third-order valence-corrected chi connectivity index (χ3v) is 4.94. The van der Waals surface area contributed by atoms with E-state index in [1.54, 1.807) is 12.1 Å². The zero-order valence-corrected chi connectivity index (χ0v) is 13.1. The Bertz CT molecular complexity index is 481. The average molecular weight is 287 g/mol. The monoisotopic (exact) mass is 287 g/mol. The molecule has 1 aromatic carbocycles. The Morgan fingerprint density at radius 2 is 1.81 bits per heavy atom. The predicted octanol–water partition coefficient (Wildman–Crippen LogP) is 5.63. The van der Waals surface area contributed by atoms with Gasteiger partial charge in [0, 0.05) is 0 Å². The van der Waals surface area contributed by atoms with Gasteiger partial charge in [-0.2, -0.15) is 5.26 Å². The van der Waals surface area contributed by atoms with Crippen LogP contribution >= 0.6 is 0 Å². The van der Waals surface area contributed by atoms with Gasteiger partial charge in [0.2, 0.25) is 0 Å². The second-order valence-electron chi connectivity index (χ2n) is 6.49. The summed E-state index contributed by atoms with van der Waals surface area (Å²) in [7, 11) is 0. The van der Waals surface area contributed by atoms with Crippen LogP contribution in [0.1, 0.15) is 69.4 Å². The largest absolute Gasteiger partial charge is 0.207 e. The molecule has 0 unspecified atom stereocenters. The Balaban J connectivity index is 1.76. The van der Waals surface area contributed by atoms with E-state index in [-0.39, 0.29) is 5.82 Å². The highest BCUT2D eigenvalue weighted by Crippen LogP contribution is 2.34. The van der Waals surface area contributed by atoms with Crippen LogP contribution in [0.5, 0.6) is 0 Å². The van der Waals surface area contributed by atoms with Gasteiger partial charge in [-0.05, 0) is 42.4 Å². The van der Waals surface area contributed by atoms with Crippen LogP contribution in [0.15, 0.2) is 18.2 Å². The lowest BCUT2D eigenvalue weighted by Crippen LogP contribution is -2.15. The number of hydrogen-bond acceptors (Lipinski definition) is 1. The van der Waals surface area contributed by atoms with E-state index in [0.29, 0.717) is 5.56 Å². The molecule has 1 nitrogen and oxygen atoms in total. The van der Waals surface area contributed by atoms with Gasteiger partial charge >= 0.3 is 0 Å². The molecule has 1 saturated carbocycles. The lowest BCUT2D eigenvalue weighted by molar-refractivity contribution is 0.249. The fourth-order valence-corrected chi connectivity index (χ4v) is 3.48. The first-order chi connectivity index (χ1) is 10.2. The number of benzene rings is 1. The molecule has 0 aromatic heterocycles. The first-order valence-electron chi connectivity index (χ1n) is 8.41. The van der Waals surface area contributed by atoms with Crippen molar-refractivity contribution in [2.24, 2.45) is 11.8 Å². The first-order valence-corrected chi connectivity index (χ1v) is 8.41. The molecule has 1 aliphatic carbocycles. The Morgan fingerprint density at radius 1 is 1.14 bits per heavy atom. The van der Waals surface area contributed by atoms with Gasteiger partial charge in [0.1, 0.15) is 5.82 Å². The Hall–Kier alpha value is -1.36. The van der Waals surface area contributed by atoms with Crippen LogP contribution in [0.2, 0.25) is 0 Å². The Morgan fingerprint density at radius 3 is 2.38 bits per heavy atom. The number of hydrogen-bond donors (Lipinski definition) is 0. The van der Waals surface area contributed by atoms with Crippen LogP contribution in [-0.4, -0.2) is 0 Å². The number of rotatable bonds is 6. The molecule has 1 aliphatic rings. The summed E-state index contributed by atoms with van der Waals surface area (Å²) in [4.78, 5) is 0. The van der Waals surface area contributed by atoms with Gasteiger partial charge in [-0.1, -0.05) is 57.9 Å². The van der Waals surface area contributed by atoms with Crippen LogP contribution in [0, 0.1) is 29.0 Å². The van der Waals surface area contributed by atoms with Crippen molar-refractivity contribution in [2.45, 2.75) is 64.7 Å². The molecule has 0 aliphatic heterocycles. The number of aryl methyl sites for hydroxylation is 1. The van der Waals surface area contributed by atoms with E-state index < -0.39 is 0 Å². The van der Waals surface area contributed by atoms with Gasteiger partial charge in [0.15, 0.2) is 0 Å². The van der Waals surface area contributed by atoms with Crippen LogP contribution in [0.3, 0.4) is 0 Å². The van der Waals surface area contributed by atoms with Crippen molar-refractivity contribution < 1.29 is 4.39 Å². The molecule has 0 radical (unpaired) electrons. The summed E-state index contributed by atoms with van der Waals surface area (Å²) in [6, 6.07) is 6.84. The molecule has 1 aromatic rings. The summed E-state index contributed by atoms with van der Waals surface area (Å²) >= 11 is 0. The van der Waals surface area contributed by atoms with Gasteiger partial charge in [-0.25, -0.2) is 4.39 Å². The molecule has 1 fully saturated rings. The summed E-state index contributed by atoms with van der Waals surface area (Å²) in [6.07, 6.45) is 11.3. The minimum absolute atomic E-state index is 0.217. The summed E-state index contributed by atoms with van der Waals surface area (Å²) in [6.45, 7) is 2.26. The van der Waals surface area contributed by atoms with Crippen molar-refractivity contribution in [2.75, 3.05) is 0 Å². The normalized spacial score (nSPS) is 22.0. The Kier molecular flexibility index (Phi) is 6.23. The maximum atomic E-state index is 13.8. The quantitative estimate of drug-likeness (QED) is 0.665. The van der Waals surface area contributed by atoms with E-state index in [1.807, 2.05) is 6.07 Å². The van der Waals surface area contributed by atoms with Crippen LogP contribution in [-0.2, 0) is 6.42 Å². The van der Waals surface area contributed by atoms with E-state index in [4.69, 9.17) is 5.26 Å². The summed E-state index contributed by atoms with van der Waals surface area (Å²) < 4.78 is 13.8. The standard InChI is InChI=1S/C19H26FN/c1-2-3-4-15-5-7-16(8-6-15)9-11-18-12-10-17(14-21)13-19(18)20/h10,12-13,15-16H,2-9,11H2,1H3/t15-,16-. The van der Waals surface area contributed by atoms with E-state index in [1.165, 1.54) is 51.0 Å². The number of unbranched alkanes of at least 4 members (excludes halogenated alkanes) is 1. The third kappa shape index (κ3) is 4.84. The van der Waals surface area contributed by atoms with E-state index in [0.717, 1.165) is 30.2 Å². The molecule has 0 N–H and O–H groups in total. The molecule has 0 amide bonds. The molecular weight excluding hydrogens is 261 g/mol.